The van der Waals surface area contributed by atoms with E-state index >= 15 is 0 Å². The van der Waals surface area contributed by atoms with E-state index in [1.165, 1.54) is 10.5 Å². The Kier molecular flexibility index (Phi) is 3.37. The van der Waals surface area contributed by atoms with E-state index in [-0.39, 0.29) is 11.8 Å². The Morgan fingerprint density at radius 3 is 2.38 bits per heavy atom. The number of imide groups is 1. The van der Waals surface area contributed by atoms with Crippen molar-refractivity contribution < 1.29 is 9.59 Å². The van der Waals surface area contributed by atoms with Crippen LogP contribution in [0.1, 0.15) is 11.1 Å². The molecule has 2 amide bonds. The van der Waals surface area contributed by atoms with Crippen molar-refractivity contribution in [3.8, 4) is 0 Å². The maximum atomic E-state index is 12.8. The smallest absolute Gasteiger partial charge is 0.263 e. The van der Waals surface area contributed by atoms with Gasteiger partial charge >= 0.3 is 0 Å². The minimum atomic E-state index is -0.747. The first-order chi connectivity index (χ1) is 11.6. The Morgan fingerprint density at radius 1 is 0.958 bits per heavy atom. The molecule has 2 atom stereocenters. The molecule has 2 aliphatic heterocycles. The monoisotopic (exact) mass is 320 g/mol. The van der Waals surface area contributed by atoms with Crippen LogP contribution < -0.4 is 4.90 Å². The molecule has 2 heterocycles. The zero-order valence-corrected chi connectivity index (χ0v) is 13.2. The maximum absolute atomic E-state index is 12.8. The number of hydrogen-bond acceptors (Lipinski definition) is 5. The average Bonchev–Trinajstić information content (AvgIpc) is 3.11. The molecule has 0 radical (unpaired) electrons. The van der Waals surface area contributed by atoms with Crippen LogP contribution in [0.4, 0.5) is 5.69 Å². The number of benzene rings is 2. The van der Waals surface area contributed by atoms with Crippen LogP contribution in [0.2, 0.25) is 0 Å². The molecule has 4 rings (SSSR count). The fourth-order valence-corrected chi connectivity index (χ4v) is 3.07. The molecule has 120 valence electrons. The van der Waals surface area contributed by atoms with Crippen molar-refractivity contribution in [1.29, 1.82) is 0 Å². The molecule has 0 bridgehead atoms. The SMILES string of the molecule is Cc1ccc(CN2N=NC3C(=O)N(c4ccccc4)C(=O)C32)cc1. The van der Waals surface area contributed by atoms with Crippen molar-refractivity contribution in [2.24, 2.45) is 10.3 Å². The summed E-state index contributed by atoms with van der Waals surface area (Å²) in [5, 5.41) is 9.71. The molecule has 2 aliphatic rings. The molecular formula is C18H16N4O2. The highest BCUT2D eigenvalue weighted by Gasteiger charge is 2.54. The Morgan fingerprint density at radius 2 is 1.67 bits per heavy atom. The van der Waals surface area contributed by atoms with Crippen LogP contribution in [-0.2, 0) is 16.1 Å². The van der Waals surface area contributed by atoms with Crippen molar-refractivity contribution in [2.75, 3.05) is 4.90 Å². The molecule has 1 saturated heterocycles. The van der Waals surface area contributed by atoms with Gasteiger partial charge in [0.15, 0.2) is 12.1 Å². The lowest BCUT2D eigenvalue weighted by atomic mass is 10.1. The van der Waals surface area contributed by atoms with Gasteiger partial charge < -0.3 is 0 Å². The van der Waals surface area contributed by atoms with Crippen LogP contribution in [0.15, 0.2) is 64.9 Å². The fourth-order valence-electron chi connectivity index (χ4n) is 3.07. The molecule has 6 heteroatoms. The van der Waals surface area contributed by atoms with Gasteiger partial charge in [-0.05, 0) is 24.6 Å². The lowest BCUT2D eigenvalue weighted by Crippen LogP contribution is -2.39. The summed E-state index contributed by atoms with van der Waals surface area (Å²) >= 11 is 0. The largest absolute Gasteiger partial charge is 0.271 e. The van der Waals surface area contributed by atoms with Gasteiger partial charge in [-0.3, -0.25) is 14.6 Å². The van der Waals surface area contributed by atoms with Gasteiger partial charge in [-0.25, -0.2) is 4.90 Å². The number of carbonyl (C=O) groups excluding carboxylic acids is 2. The fraction of sp³-hybridized carbons (Fsp3) is 0.222. The summed E-state index contributed by atoms with van der Waals surface area (Å²) in [6, 6.07) is 15.6. The third-order valence-corrected chi connectivity index (χ3v) is 4.34. The van der Waals surface area contributed by atoms with Crippen molar-refractivity contribution in [3.05, 3.63) is 65.7 Å². The van der Waals surface area contributed by atoms with E-state index < -0.39 is 12.1 Å². The second-order valence-electron chi connectivity index (χ2n) is 6.03. The van der Waals surface area contributed by atoms with E-state index in [1.54, 1.807) is 29.3 Å². The molecule has 0 saturated carbocycles. The molecule has 2 aromatic carbocycles. The summed E-state index contributed by atoms with van der Waals surface area (Å²) in [6.07, 6.45) is 0. The summed E-state index contributed by atoms with van der Waals surface area (Å²) in [4.78, 5) is 26.6. The summed E-state index contributed by atoms with van der Waals surface area (Å²) < 4.78 is 0. The van der Waals surface area contributed by atoms with Gasteiger partial charge in [0.2, 0.25) is 0 Å². The molecule has 2 unspecified atom stereocenters. The van der Waals surface area contributed by atoms with Gasteiger partial charge in [-0.2, -0.15) is 5.11 Å². The van der Waals surface area contributed by atoms with Crippen LogP contribution in [0.25, 0.3) is 0 Å². The van der Waals surface area contributed by atoms with Crippen molar-refractivity contribution in [2.45, 2.75) is 25.6 Å². The predicted octanol–water partition coefficient (Wildman–Crippen LogP) is 2.49. The molecule has 0 aliphatic carbocycles. The number of hydrogen-bond donors (Lipinski definition) is 0. The quantitative estimate of drug-likeness (QED) is 0.816. The first-order valence-electron chi connectivity index (χ1n) is 7.81. The zero-order valence-electron chi connectivity index (χ0n) is 13.2. The molecular weight excluding hydrogens is 304 g/mol. The highest BCUT2D eigenvalue weighted by molar-refractivity contribution is 6.25. The van der Waals surface area contributed by atoms with Gasteiger partial charge in [0.1, 0.15) is 0 Å². The van der Waals surface area contributed by atoms with E-state index in [9.17, 15) is 9.59 Å². The van der Waals surface area contributed by atoms with Crippen LogP contribution in [-0.4, -0.2) is 28.9 Å². The van der Waals surface area contributed by atoms with E-state index in [0.717, 1.165) is 5.56 Å². The van der Waals surface area contributed by atoms with Gasteiger partial charge in [0.05, 0.1) is 12.2 Å². The number of anilines is 1. The Balaban J connectivity index is 1.59. The van der Waals surface area contributed by atoms with E-state index in [1.807, 2.05) is 37.3 Å². The van der Waals surface area contributed by atoms with Crippen molar-refractivity contribution in [1.82, 2.24) is 5.01 Å². The molecule has 0 aromatic heterocycles. The Bertz CT molecular complexity index is 817. The molecule has 1 fully saturated rings. The van der Waals surface area contributed by atoms with Gasteiger partial charge in [0, 0.05) is 0 Å². The minimum Gasteiger partial charge on any atom is -0.271 e. The second-order valence-corrected chi connectivity index (χ2v) is 6.03. The van der Waals surface area contributed by atoms with E-state index in [4.69, 9.17) is 0 Å². The summed E-state index contributed by atoms with van der Waals surface area (Å²) in [5.41, 5.74) is 2.77. The molecule has 0 N–H and O–H groups in total. The molecule has 2 aromatic rings. The Labute approximate surface area is 139 Å². The normalized spacial score (nSPS) is 22.4. The number of aryl methyl sites for hydroxylation is 1. The third-order valence-electron chi connectivity index (χ3n) is 4.34. The number of carbonyl (C=O) groups is 2. The first kappa shape index (κ1) is 14.6. The summed E-state index contributed by atoms with van der Waals surface area (Å²) in [5.74, 6) is -0.584. The Hall–Kier alpha value is -3.02. The van der Waals surface area contributed by atoms with Crippen molar-refractivity contribution in [3.63, 3.8) is 0 Å². The predicted molar refractivity (Wildman–Crippen MR) is 88.1 cm³/mol. The lowest BCUT2D eigenvalue weighted by Gasteiger charge is -2.20. The van der Waals surface area contributed by atoms with Crippen LogP contribution in [0, 0.1) is 6.92 Å². The number of amides is 2. The van der Waals surface area contributed by atoms with Crippen molar-refractivity contribution >= 4 is 17.5 Å². The van der Waals surface area contributed by atoms with E-state index in [2.05, 4.69) is 10.3 Å². The summed E-state index contributed by atoms with van der Waals surface area (Å²) in [7, 11) is 0. The standard InChI is InChI=1S/C18H16N4O2/c1-12-7-9-13(10-8-12)11-21-16-15(19-20-21)17(23)22(18(16)24)14-5-3-2-4-6-14/h2-10,15-16H,11H2,1H3. The van der Waals surface area contributed by atoms with Crippen LogP contribution >= 0.6 is 0 Å². The second kappa shape index (κ2) is 5.56. The number of nitrogens with zero attached hydrogens (tertiary/aromatic N) is 4. The molecule has 0 spiro atoms. The number of fused-ring (bicyclic) bond motifs is 1. The third kappa shape index (κ3) is 2.27. The average molecular weight is 320 g/mol. The van der Waals surface area contributed by atoms with Gasteiger partial charge in [-0.1, -0.05) is 53.3 Å². The molecule has 6 nitrogen and oxygen atoms in total. The molecule has 24 heavy (non-hydrogen) atoms. The lowest BCUT2D eigenvalue weighted by molar-refractivity contribution is -0.123. The van der Waals surface area contributed by atoms with Gasteiger partial charge in [0.25, 0.3) is 11.8 Å². The minimum absolute atomic E-state index is 0.270. The highest BCUT2D eigenvalue weighted by Crippen LogP contribution is 2.32. The number of rotatable bonds is 3. The van der Waals surface area contributed by atoms with E-state index in [0.29, 0.717) is 12.2 Å². The van der Waals surface area contributed by atoms with Crippen LogP contribution in [0.5, 0.6) is 0 Å². The van der Waals surface area contributed by atoms with Crippen LogP contribution in [0.3, 0.4) is 0 Å². The number of para-hydroxylation sites is 1. The summed E-state index contributed by atoms with van der Waals surface area (Å²) in [6.45, 7) is 2.47. The zero-order chi connectivity index (χ0) is 16.7. The maximum Gasteiger partial charge on any atom is 0.263 e. The first-order valence-corrected chi connectivity index (χ1v) is 7.81. The topological polar surface area (TPSA) is 65.3 Å². The van der Waals surface area contributed by atoms with Gasteiger partial charge in [-0.15, -0.1) is 0 Å². The highest BCUT2D eigenvalue weighted by atomic mass is 16.2.